The molecule has 1 aromatic rings. The van der Waals surface area contributed by atoms with Gasteiger partial charge in [0.15, 0.2) is 0 Å². The Bertz CT molecular complexity index is 379. The summed E-state index contributed by atoms with van der Waals surface area (Å²) in [4.78, 5) is 18.2. The van der Waals surface area contributed by atoms with Crippen LogP contribution in [0.25, 0.3) is 0 Å². The van der Waals surface area contributed by atoms with Crippen molar-refractivity contribution in [3.63, 3.8) is 0 Å². The van der Waals surface area contributed by atoms with Gasteiger partial charge in [-0.2, -0.15) is 0 Å². The molecule has 0 saturated heterocycles. The van der Waals surface area contributed by atoms with Crippen LogP contribution in [0.1, 0.15) is 17.2 Å². The van der Waals surface area contributed by atoms with Crippen LogP contribution in [-0.2, 0) is 16.3 Å². The standard InChI is InChI=1S/C9H14NO3PS/c1-7-4-2-3-5-8(7)9(6-10)13-14(11,12)15/h2-5,9H,6,10H2,1H3,(H2,11,12,15). The van der Waals surface area contributed by atoms with Gasteiger partial charge in [0, 0.05) is 6.54 Å². The van der Waals surface area contributed by atoms with E-state index < -0.39 is 12.8 Å². The number of rotatable bonds is 4. The van der Waals surface area contributed by atoms with Crippen LogP contribution in [0.15, 0.2) is 24.3 Å². The lowest BCUT2D eigenvalue weighted by molar-refractivity contribution is 0.176. The van der Waals surface area contributed by atoms with Crippen molar-refractivity contribution in [2.45, 2.75) is 13.0 Å². The van der Waals surface area contributed by atoms with E-state index in [4.69, 9.17) is 20.0 Å². The highest BCUT2D eigenvalue weighted by molar-refractivity contribution is 8.06. The van der Waals surface area contributed by atoms with Crippen molar-refractivity contribution in [1.29, 1.82) is 0 Å². The Labute approximate surface area is 93.9 Å². The maximum Gasteiger partial charge on any atom is 0.322 e. The minimum Gasteiger partial charge on any atom is -0.328 e. The van der Waals surface area contributed by atoms with Crippen LogP contribution in [0.2, 0.25) is 0 Å². The van der Waals surface area contributed by atoms with Gasteiger partial charge in [0.05, 0.1) is 0 Å². The molecule has 0 radical (unpaired) electrons. The zero-order chi connectivity index (χ0) is 11.5. The first-order valence-electron chi connectivity index (χ1n) is 4.43. The average Bonchev–Trinajstić information content (AvgIpc) is 2.14. The number of aryl methyl sites for hydroxylation is 1. The highest BCUT2D eigenvalue weighted by Crippen LogP contribution is 2.42. The normalized spacial score (nSPS) is 13.9. The summed E-state index contributed by atoms with van der Waals surface area (Å²) in [5.74, 6) is 0. The fraction of sp³-hybridized carbons (Fsp3) is 0.333. The Morgan fingerprint density at radius 3 is 2.53 bits per heavy atom. The van der Waals surface area contributed by atoms with E-state index in [-0.39, 0.29) is 6.54 Å². The van der Waals surface area contributed by atoms with E-state index in [0.717, 1.165) is 11.1 Å². The molecule has 0 bridgehead atoms. The molecule has 84 valence electrons. The summed E-state index contributed by atoms with van der Waals surface area (Å²) < 4.78 is 4.97. The third-order valence-electron chi connectivity index (χ3n) is 2.01. The summed E-state index contributed by atoms with van der Waals surface area (Å²) in [6.45, 7) is -1.61. The molecule has 1 rings (SSSR count). The summed E-state index contributed by atoms with van der Waals surface area (Å²) in [6, 6.07) is 7.46. The first-order valence-corrected chi connectivity index (χ1v) is 7.06. The first kappa shape index (κ1) is 12.8. The molecule has 4 nitrogen and oxygen atoms in total. The molecule has 1 atom stereocenters. The second-order valence-electron chi connectivity index (χ2n) is 3.18. The van der Waals surface area contributed by atoms with Crippen LogP contribution >= 0.6 is 6.72 Å². The van der Waals surface area contributed by atoms with Gasteiger partial charge in [-0.3, -0.25) is 4.52 Å². The highest BCUT2D eigenvalue weighted by Gasteiger charge is 2.19. The highest BCUT2D eigenvalue weighted by atomic mass is 32.5. The summed E-state index contributed by atoms with van der Waals surface area (Å²) in [5.41, 5.74) is 7.32. The van der Waals surface area contributed by atoms with Gasteiger partial charge in [0.1, 0.15) is 6.10 Å². The smallest absolute Gasteiger partial charge is 0.322 e. The van der Waals surface area contributed by atoms with Gasteiger partial charge in [0.2, 0.25) is 0 Å². The molecular weight excluding hydrogens is 233 g/mol. The molecule has 15 heavy (non-hydrogen) atoms. The van der Waals surface area contributed by atoms with Crippen LogP contribution in [0.4, 0.5) is 0 Å². The van der Waals surface area contributed by atoms with Gasteiger partial charge < -0.3 is 15.5 Å². The number of nitrogens with two attached hydrogens (primary N) is 1. The van der Waals surface area contributed by atoms with Crippen molar-refractivity contribution in [3.8, 4) is 0 Å². The van der Waals surface area contributed by atoms with E-state index in [2.05, 4.69) is 11.8 Å². The first-order chi connectivity index (χ1) is 6.94. The van der Waals surface area contributed by atoms with Crippen LogP contribution in [-0.4, -0.2) is 16.3 Å². The van der Waals surface area contributed by atoms with Crippen molar-refractivity contribution < 1.29 is 14.3 Å². The molecule has 0 aliphatic carbocycles. The summed E-state index contributed by atoms with van der Waals surface area (Å²) >= 11 is 4.42. The average molecular weight is 247 g/mol. The Morgan fingerprint density at radius 2 is 2.07 bits per heavy atom. The molecule has 1 unspecified atom stereocenters. The molecule has 0 spiro atoms. The van der Waals surface area contributed by atoms with Crippen LogP contribution in [0, 0.1) is 6.92 Å². The van der Waals surface area contributed by atoms with E-state index in [1.165, 1.54) is 0 Å². The lowest BCUT2D eigenvalue weighted by atomic mass is 10.0. The fourth-order valence-electron chi connectivity index (χ4n) is 1.34. The zero-order valence-electron chi connectivity index (χ0n) is 8.33. The quantitative estimate of drug-likeness (QED) is 0.697. The molecule has 0 aromatic heterocycles. The lowest BCUT2D eigenvalue weighted by Gasteiger charge is -2.20. The van der Waals surface area contributed by atoms with Crippen molar-refractivity contribution in [3.05, 3.63) is 35.4 Å². The Morgan fingerprint density at radius 1 is 1.47 bits per heavy atom. The molecule has 0 fully saturated rings. The third kappa shape index (κ3) is 3.99. The molecule has 0 heterocycles. The van der Waals surface area contributed by atoms with Gasteiger partial charge in [-0.25, -0.2) is 0 Å². The second-order valence-corrected chi connectivity index (χ2v) is 5.80. The van der Waals surface area contributed by atoms with Crippen LogP contribution in [0.5, 0.6) is 0 Å². The summed E-state index contributed by atoms with van der Waals surface area (Å²) in [6.07, 6.45) is -0.563. The van der Waals surface area contributed by atoms with E-state index in [1.807, 2.05) is 31.2 Å². The van der Waals surface area contributed by atoms with Gasteiger partial charge in [-0.1, -0.05) is 24.3 Å². The van der Waals surface area contributed by atoms with Crippen molar-refractivity contribution in [2.24, 2.45) is 5.73 Å². The zero-order valence-corrected chi connectivity index (χ0v) is 10.0. The molecule has 4 N–H and O–H groups in total. The van der Waals surface area contributed by atoms with Crippen LogP contribution in [0.3, 0.4) is 0 Å². The van der Waals surface area contributed by atoms with Gasteiger partial charge in [0.25, 0.3) is 0 Å². The summed E-state index contributed by atoms with van der Waals surface area (Å²) in [7, 11) is 0. The predicted molar refractivity (Wildman–Crippen MR) is 62.8 cm³/mol. The van der Waals surface area contributed by atoms with E-state index in [9.17, 15) is 0 Å². The predicted octanol–water partition coefficient (Wildman–Crippen LogP) is 1.22. The fourth-order valence-corrected chi connectivity index (χ4v) is 2.18. The van der Waals surface area contributed by atoms with Crippen molar-refractivity contribution in [1.82, 2.24) is 0 Å². The monoisotopic (exact) mass is 247 g/mol. The Kier molecular flexibility index (Phi) is 4.40. The van der Waals surface area contributed by atoms with Crippen LogP contribution < -0.4 is 5.73 Å². The lowest BCUT2D eigenvalue weighted by Crippen LogP contribution is -2.15. The van der Waals surface area contributed by atoms with Gasteiger partial charge in [-0.05, 0) is 29.9 Å². The molecular formula is C9H14NO3PS. The molecule has 0 saturated carbocycles. The maximum absolute atomic E-state index is 9.08. The van der Waals surface area contributed by atoms with E-state index in [0.29, 0.717) is 0 Å². The third-order valence-corrected chi connectivity index (χ3v) is 2.80. The number of benzene rings is 1. The van der Waals surface area contributed by atoms with Gasteiger partial charge in [-0.15, -0.1) is 0 Å². The van der Waals surface area contributed by atoms with Gasteiger partial charge >= 0.3 is 6.72 Å². The SMILES string of the molecule is Cc1ccccc1C(CN)OP(O)(O)=S. The minimum atomic E-state index is -3.67. The number of hydrogen-bond acceptors (Lipinski definition) is 3. The molecule has 1 aromatic carbocycles. The molecule has 0 amide bonds. The Hall–Kier alpha value is -0.290. The van der Waals surface area contributed by atoms with Crippen molar-refractivity contribution in [2.75, 3.05) is 6.54 Å². The summed E-state index contributed by atoms with van der Waals surface area (Å²) in [5, 5.41) is 0. The minimum absolute atomic E-state index is 0.157. The molecule has 0 aliphatic heterocycles. The molecule has 6 heteroatoms. The van der Waals surface area contributed by atoms with E-state index >= 15 is 0 Å². The largest absolute Gasteiger partial charge is 0.328 e. The van der Waals surface area contributed by atoms with E-state index in [1.54, 1.807) is 0 Å². The number of hydrogen-bond donors (Lipinski definition) is 3. The Balaban J connectivity index is 2.93. The van der Waals surface area contributed by atoms with Crippen molar-refractivity contribution >= 4 is 18.5 Å². The second kappa shape index (κ2) is 5.16. The topological polar surface area (TPSA) is 75.7 Å². The molecule has 0 aliphatic rings. The maximum atomic E-state index is 9.08.